The highest BCUT2D eigenvalue weighted by atomic mass is 79.9. The van der Waals surface area contributed by atoms with Crippen LogP contribution in [0.15, 0.2) is 22.7 Å². The second-order valence-corrected chi connectivity index (χ2v) is 3.71. The van der Waals surface area contributed by atoms with Crippen LogP contribution < -0.4 is 4.74 Å². The molecule has 1 rings (SSSR count). The largest absolute Gasteiger partial charge is 0.490 e. The summed E-state index contributed by atoms with van der Waals surface area (Å²) in [4.78, 5) is 10.5. The normalized spacial score (nSPS) is 10.0. The lowest BCUT2D eigenvalue weighted by molar-refractivity contribution is 0.109. The minimum absolute atomic E-state index is 0.507. The topological polar surface area (TPSA) is 35.5 Å². The van der Waals surface area contributed by atoms with Gasteiger partial charge < -0.3 is 9.47 Å². The summed E-state index contributed by atoms with van der Waals surface area (Å²) in [5, 5.41) is 0. The maximum Gasteiger partial charge on any atom is 0.150 e. The zero-order valence-electron chi connectivity index (χ0n) is 8.53. The van der Waals surface area contributed by atoms with E-state index in [9.17, 15) is 4.79 Å². The Hall–Kier alpha value is -0.870. The lowest BCUT2D eigenvalue weighted by Crippen LogP contribution is -2.06. The van der Waals surface area contributed by atoms with Crippen molar-refractivity contribution in [1.82, 2.24) is 0 Å². The number of carbonyl (C=O) groups excluding carboxylic acids is 1. The molecule has 3 nitrogen and oxygen atoms in total. The average molecular weight is 273 g/mol. The molecule has 0 atom stereocenters. The monoisotopic (exact) mass is 272 g/mol. The van der Waals surface area contributed by atoms with Crippen molar-refractivity contribution in [2.45, 2.75) is 6.92 Å². The van der Waals surface area contributed by atoms with Crippen LogP contribution in [0, 0.1) is 0 Å². The van der Waals surface area contributed by atoms with Gasteiger partial charge in [0.2, 0.25) is 0 Å². The Bertz CT molecular complexity index is 326. The van der Waals surface area contributed by atoms with Gasteiger partial charge in [0.1, 0.15) is 18.6 Å². The fourth-order valence-electron chi connectivity index (χ4n) is 1.06. The van der Waals surface area contributed by atoms with Crippen molar-refractivity contribution in [3.63, 3.8) is 0 Å². The van der Waals surface area contributed by atoms with Gasteiger partial charge >= 0.3 is 0 Å². The maximum atomic E-state index is 10.5. The first-order valence-corrected chi connectivity index (χ1v) is 5.52. The van der Waals surface area contributed by atoms with Crippen LogP contribution in [0.4, 0.5) is 0 Å². The van der Waals surface area contributed by atoms with Gasteiger partial charge in [-0.1, -0.05) is 0 Å². The van der Waals surface area contributed by atoms with E-state index in [1.807, 2.05) is 6.92 Å². The highest BCUT2D eigenvalue weighted by molar-refractivity contribution is 9.10. The quantitative estimate of drug-likeness (QED) is 0.590. The standard InChI is InChI=1S/C11H13BrO3/c1-2-14-5-6-15-11-4-3-9(8-13)7-10(11)12/h3-4,7-8H,2,5-6H2,1H3. The molecule has 0 radical (unpaired) electrons. The number of rotatable bonds is 6. The Morgan fingerprint density at radius 2 is 2.20 bits per heavy atom. The molecule has 0 saturated heterocycles. The van der Waals surface area contributed by atoms with Crippen molar-refractivity contribution >= 4 is 22.2 Å². The molecule has 15 heavy (non-hydrogen) atoms. The smallest absolute Gasteiger partial charge is 0.150 e. The van der Waals surface area contributed by atoms with Gasteiger partial charge in [-0.05, 0) is 41.1 Å². The Kier molecular flexibility index (Phi) is 5.36. The first-order chi connectivity index (χ1) is 7.27. The van der Waals surface area contributed by atoms with Gasteiger partial charge in [-0.25, -0.2) is 0 Å². The number of benzene rings is 1. The van der Waals surface area contributed by atoms with Gasteiger partial charge in [-0.15, -0.1) is 0 Å². The second kappa shape index (κ2) is 6.58. The molecule has 0 aromatic heterocycles. The van der Waals surface area contributed by atoms with E-state index in [0.29, 0.717) is 25.4 Å². The summed E-state index contributed by atoms with van der Waals surface area (Å²) >= 11 is 3.33. The van der Waals surface area contributed by atoms with E-state index in [1.165, 1.54) is 0 Å². The molecular weight excluding hydrogens is 260 g/mol. The van der Waals surface area contributed by atoms with E-state index in [-0.39, 0.29) is 0 Å². The molecule has 4 heteroatoms. The Balaban J connectivity index is 2.50. The summed E-state index contributed by atoms with van der Waals surface area (Å²) in [6, 6.07) is 5.20. The van der Waals surface area contributed by atoms with Crippen molar-refractivity contribution in [1.29, 1.82) is 0 Å². The highest BCUT2D eigenvalue weighted by Gasteiger charge is 2.01. The van der Waals surface area contributed by atoms with Crippen LogP contribution in [0.3, 0.4) is 0 Å². The van der Waals surface area contributed by atoms with Crippen molar-refractivity contribution in [3.05, 3.63) is 28.2 Å². The van der Waals surface area contributed by atoms with E-state index in [0.717, 1.165) is 16.5 Å². The molecule has 0 heterocycles. The van der Waals surface area contributed by atoms with Gasteiger partial charge in [-0.2, -0.15) is 0 Å². The third-order valence-corrected chi connectivity index (χ3v) is 2.40. The van der Waals surface area contributed by atoms with Crippen LogP contribution in [-0.2, 0) is 4.74 Å². The molecule has 0 aliphatic carbocycles. The minimum atomic E-state index is 0.507. The molecular formula is C11H13BrO3. The third-order valence-electron chi connectivity index (χ3n) is 1.78. The van der Waals surface area contributed by atoms with Crippen molar-refractivity contribution < 1.29 is 14.3 Å². The summed E-state index contributed by atoms with van der Waals surface area (Å²) in [5.74, 6) is 0.723. The molecule has 82 valence electrons. The van der Waals surface area contributed by atoms with Crippen molar-refractivity contribution in [2.75, 3.05) is 19.8 Å². The summed E-state index contributed by atoms with van der Waals surface area (Å²) in [5.41, 5.74) is 0.624. The fraction of sp³-hybridized carbons (Fsp3) is 0.364. The van der Waals surface area contributed by atoms with Gasteiger partial charge in [0.05, 0.1) is 11.1 Å². The average Bonchev–Trinajstić information content (AvgIpc) is 2.26. The summed E-state index contributed by atoms with van der Waals surface area (Å²) < 4.78 is 11.4. The predicted octanol–water partition coefficient (Wildman–Crippen LogP) is 2.68. The van der Waals surface area contributed by atoms with Crippen LogP contribution >= 0.6 is 15.9 Å². The Labute approximate surface area is 97.5 Å². The number of halogens is 1. The molecule has 0 spiro atoms. The Morgan fingerprint density at radius 3 is 2.80 bits per heavy atom. The molecule has 1 aromatic carbocycles. The maximum absolute atomic E-state index is 10.5. The number of aldehydes is 1. The van der Waals surface area contributed by atoms with Gasteiger partial charge in [0.15, 0.2) is 0 Å². The predicted molar refractivity (Wildman–Crippen MR) is 61.5 cm³/mol. The number of carbonyl (C=O) groups is 1. The second-order valence-electron chi connectivity index (χ2n) is 2.85. The zero-order chi connectivity index (χ0) is 11.1. The van der Waals surface area contributed by atoms with Crippen LogP contribution in [0.2, 0.25) is 0 Å². The van der Waals surface area contributed by atoms with E-state index in [4.69, 9.17) is 9.47 Å². The first kappa shape index (κ1) is 12.2. The number of hydrogen-bond donors (Lipinski definition) is 0. The van der Waals surface area contributed by atoms with Crippen LogP contribution in [0.25, 0.3) is 0 Å². The number of ether oxygens (including phenoxy) is 2. The zero-order valence-corrected chi connectivity index (χ0v) is 10.1. The lowest BCUT2D eigenvalue weighted by Gasteiger charge is -2.08. The van der Waals surface area contributed by atoms with E-state index in [2.05, 4.69) is 15.9 Å². The Morgan fingerprint density at radius 1 is 1.40 bits per heavy atom. The molecule has 0 bridgehead atoms. The molecule has 1 aromatic rings. The SMILES string of the molecule is CCOCCOc1ccc(C=O)cc1Br. The molecule has 0 unspecified atom stereocenters. The molecule has 0 aliphatic heterocycles. The van der Waals surface area contributed by atoms with Gasteiger partial charge in [-0.3, -0.25) is 4.79 Å². The highest BCUT2D eigenvalue weighted by Crippen LogP contribution is 2.25. The fourth-order valence-corrected chi connectivity index (χ4v) is 1.57. The first-order valence-electron chi connectivity index (χ1n) is 4.73. The minimum Gasteiger partial charge on any atom is -0.490 e. The molecule has 0 fully saturated rings. The van der Waals surface area contributed by atoms with E-state index < -0.39 is 0 Å². The molecule has 0 saturated carbocycles. The van der Waals surface area contributed by atoms with Crippen molar-refractivity contribution in [3.8, 4) is 5.75 Å². The van der Waals surface area contributed by atoms with E-state index >= 15 is 0 Å². The summed E-state index contributed by atoms with van der Waals surface area (Å²) in [6.07, 6.45) is 0.800. The summed E-state index contributed by atoms with van der Waals surface area (Å²) in [7, 11) is 0. The van der Waals surface area contributed by atoms with E-state index in [1.54, 1.807) is 18.2 Å². The van der Waals surface area contributed by atoms with Crippen LogP contribution in [0.5, 0.6) is 5.75 Å². The summed E-state index contributed by atoms with van der Waals surface area (Å²) in [6.45, 7) is 3.70. The van der Waals surface area contributed by atoms with Gasteiger partial charge in [0, 0.05) is 12.2 Å². The lowest BCUT2D eigenvalue weighted by atomic mass is 10.2. The molecule has 0 aliphatic rings. The van der Waals surface area contributed by atoms with Crippen LogP contribution in [0.1, 0.15) is 17.3 Å². The van der Waals surface area contributed by atoms with Crippen molar-refractivity contribution in [2.24, 2.45) is 0 Å². The van der Waals surface area contributed by atoms with Gasteiger partial charge in [0.25, 0.3) is 0 Å². The van der Waals surface area contributed by atoms with Crippen LogP contribution in [-0.4, -0.2) is 26.1 Å². The molecule has 0 N–H and O–H groups in total. The third kappa shape index (κ3) is 4.01. The number of hydrogen-bond acceptors (Lipinski definition) is 3. The molecule has 0 amide bonds.